The molecule has 1 aromatic heterocycles. The zero-order chi connectivity index (χ0) is 27.5. The lowest BCUT2D eigenvalue weighted by atomic mass is 10.1. The van der Waals surface area contributed by atoms with Crippen LogP contribution in [0.1, 0.15) is 65.4 Å². The molecule has 5 nitrogen and oxygen atoms in total. The van der Waals surface area contributed by atoms with Crippen molar-refractivity contribution in [1.29, 1.82) is 0 Å². The molecule has 0 aliphatic carbocycles. The van der Waals surface area contributed by atoms with Crippen molar-refractivity contribution in [3.63, 3.8) is 0 Å². The first-order chi connectivity index (χ1) is 19.1. The summed E-state index contributed by atoms with van der Waals surface area (Å²) in [5.41, 5.74) is 4.55. The third-order valence-electron chi connectivity index (χ3n) is 7.33. The Morgan fingerprint density at radius 2 is 1.44 bits per heavy atom. The largest absolute Gasteiger partial charge is 0.494 e. The number of hydrogen-bond donors (Lipinski definition) is 0. The lowest BCUT2D eigenvalue weighted by molar-refractivity contribution is 0.249. The summed E-state index contributed by atoms with van der Waals surface area (Å²) in [4.78, 5) is 7.45. The van der Waals surface area contributed by atoms with Gasteiger partial charge in [0.05, 0.1) is 17.6 Å². The van der Waals surface area contributed by atoms with Crippen LogP contribution in [0.15, 0.2) is 66.7 Å². The maximum Gasteiger partial charge on any atom is 0.141 e. The molecule has 0 bridgehead atoms. The van der Waals surface area contributed by atoms with E-state index in [0.29, 0.717) is 0 Å². The van der Waals surface area contributed by atoms with Gasteiger partial charge in [-0.1, -0.05) is 52.7 Å². The highest BCUT2D eigenvalue weighted by Crippen LogP contribution is 2.31. The number of nitrogens with zero attached hydrogens (tertiary/aromatic N) is 3. The van der Waals surface area contributed by atoms with Crippen LogP contribution in [0.2, 0.25) is 0 Å². The van der Waals surface area contributed by atoms with Crippen molar-refractivity contribution in [2.45, 2.75) is 72.8 Å². The Morgan fingerprint density at radius 1 is 0.744 bits per heavy atom. The molecule has 0 fully saturated rings. The van der Waals surface area contributed by atoms with E-state index in [-0.39, 0.29) is 0 Å². The SMILES string of the molecule is CCCCc1ccc(Oc2ccc3nc(-c4ccc(OCCCN(CC)CC)cc4)n(CCCC)c3c2)cc1. The molecule has 0 saturated carbocycles. The average Bonchev–Trinajstić information content (AvgIpc) is 3.33. The van der Waals surface area contributed by atoms with E-state index in [4.69, 9.17) is 14.5 Å². The van der Waals surface area contributed by atoms with E-state index in [9.17, 15) is 0 Å². The van der Waals surface area contributed by atoms with Gasteiger partial charge in [0, 0.05) is 24.7 Å². The summed E-state index contributed by atoms with van der Waals surface area (Å²) in [6.45, 7) is 13.8. The maximum absolute atomic E-state index is 6.25. The number of hydrogen-bond acceptors (Lipinski definition) is 4. The average molecular weight is 528 g/mol. The Kier molecular flexibility index (Phi) is 10.8. The molecule has 4 aromatic rings. The molecule has 0 radical (unpaired) electrons. The lowest BCUT2D eigenvalue weighted by Gasteiger charge is -2.17. The third kappa shape index (κ3) is 7.86. The van der Waals surface area contributed by atoms with Gasteiger partial charge < -0.3 is 18.9 Å². The molecule has 4 rings (SSSR count). The number of benzene rings is 3. The summed E-state index contributed by atoms with van der Waals surface area (Å²) >= 11 is 0. The van der Waals surface area contributed by atoms with Crippen LogP contribution in [-0.4, -0.2) is 40.7 Å². The molecule has 0 aliphatic heterocycles. The summed E-state index contributed by atoms with van der Waals surface area (Å²) in [7, 11) is 0. The molecule has 0 saturated heterocycles. The fourth-order valence-electron chi connectivity index (χ4n) is 4.89. The Bertz CT molecular complexity index is 1270. The van der Waals surface area contributed by atoms with Crippen LogP contribution in [0, 0.1) is 0 Å². The van der Waals surface area contributed by atoms with E-state index in [1.807, 2.05) is 6.07 Å². The standard InChI is InChI=1S/C34H45N3O2/c1-5-9-12-27-13-17-30(18-14-27)39-31-21-22-32-33(26-31)37(24-10-6-2)34(35-32)28-15-19-29(20-16-28)38-25-11-23-36(7-3)8-4/h13-22,26H,5-12,23-25H2,1-4H3. The number of fused-ring (bicyclic) bond motifs is 1. The minimum absolute atomic E-state index is 0.731. The zero-order valence-electron chi connectivity index (χ0n) is 24.3. The van der Waals surface area contributed by atoms with E-state index in [1.165, 1.54) is 18.4 Å². The Hall–Kier alpha value is -3.31. The van der Waals surface area contributed by atoms with Gasteiger partial charge in [-0.15, -0.1) is 0 Å². The molecule has 0 unspecified atom stereocenters. The van der Waals surface area contributed by atoms with Gasteiger partial charge in [-0.3, -0.25) is 0 Å². The second-order valence-corrected chi connectivity index (χ2v) is 10.2. The van der Waals surface area contributed by atoms with E-state index >= 15 is 0 Å². The van der Waals surface area contributed by atoms with Crippen molar-refractivity contribution in [3.8, 4) is 28.6 Å². The summed E-state index contributed by atoms with van der Waals surface area (Å²) in [5.74, 6) is 3.60. The van der Waals surface area contributed by atoms with E-state index in [0.717, 1.165) is 98.1 Å². The van der Waals surface area contributed by atoms with Crippen molar-refractivity contribution in [3.05, 3.63) is 72.3 Å². The molecule has 0 spiro atoms. The zero-order valence-corrected chi connectivity index (χ0v) is 24.3. The highest BCUT2D eigenvalue weighted by atomic mass is 16.5. The summed E-state index contributed by atoms with van der Waals surface area (Å²) < 4.78 is 14.6. The van der Waals surface area contributed by atoms with Gasteiger partial charge in [0.15, 0.2) is 0 Å². The molecule has 0 N–H and O–H groups in total. The minimum atomic E-state index is 0.731. The van der Waals surface area contributed by atoms with Crippen LogP contribution >= 0.6 is 0 Å². The van der Waals surface area contributed by atoms with Gasteiger partial charge in [0.25, 0.3) is 0 Å². The molecule has 0 amide bonds. The van der Waals surface area contributed by atoms with E-state index in [1.54, 1.807) is 0 Å². The first kappa shape index (κ1) is 28.7. The van der Waals surface area contributed by atoms with Crippen LogP contribution < -0.4 is 9.47 Å². The normalized spacial score (nSPS) is 11.4. The fourth-order valence-corrected chi connectivity index (χ4v) is 4.89. The quantitative estimate of drug-likeness (QED) is 0.137. The lowest BCUT2D eigenvalue weighted by Crippen LogP contribution is -2.25. The summed E-state index contributed by atoms with van der Waals surface area (Å²) in [6.07, 6.45) is 6.79. The summed E-state index contributed by atoms with van der Waals surface area (Å²) in [5, 5.41) is 0. The van der Waals surface area contributed by atoms with E-state index in [2.05, 4.69) is 97.8 Å². The minimum Gasteiger partial charge on any atom is -0.494 e. The fraction of sp³-hybridized carbons (Fsp3) is 0.441. The number of imidazole rings is 1. The Labute approximate surface area is 234 Å². The number of rotatable bonds is 16. The molecular formula is C34H45N3O2. The molecule has 39 heavy (non-hydrogen) atoms. The summed E-state index contributed by atoms with van der Waals surface area (Å²) in [6, 6.07) is 23.1. The highest BCUT2D eigenvalue weighted by Gasteiger charge is 2.14. The predicted molar refractivity (Wildman–Crippen MR) is 163 cm³/mol. The molecule has 5 heteroatoms. The molecule has 208 valence electrons. The van der Waals surface area contributed by atoms with Gasteiger partial charge in [-0.25, -0.2) is 4.98 Å². The molecule has 3 aromatic carbocycles. The predicted octanol–water partition coefficient (Wildman–Crippen LogP) is 8.75. The van der Waals surface area contributed by atoms with Gasteiger partial charge in [0.2, 0.25) is 0 Å². The van der Waals surface area contributed by atoms with Gasteiger partial charge in [0.1, 0.15) is 23.1 Å². The monoisotopic (exact) mass is 527 g/mol. The van der Waals surface area contributed by atoms with E-state index < -0.39 is 0 Å². The van der Waals surface area contributed by atoms with Crippen molar-refractivity contribution in [2.24, 2.45) is 0 Å². The second kappa shape index (κ2) is 14.7. The van der Waals surface area contributed by atoms with Gasteiger partial charge in [-0.05, 0) is 92.9 Å². The third-order valence-corrected chi connectivity index (χ3v) is 7.33. The van der Waals surface area contributed by atoms with Crippen molar-refractivity contribution >= 4 is 11.0 Å². The van der Waals surface area contributed by atoms with Gasteiger partial charge >= 0.3 is 0 Å². The number of ether oxygens (including phenoxy) is 2. The van der Waals surface area contributed by atoms with Crippen LogP contribution in [0.3, 0.4) is 0 Å². The van der Waals surface area contributed by atoms with Crippen molar-refractivity contribution < 1.29 is 9.47 Å². The first-order valence-electron chi connectivity index (χ1n) is 14.9. The van der Waals surface area contributed by atoms with Crippen LogP contribution in [0.5, 0.6) is 17.2 Å². The van der Waals surface area contributed by atoms with Crippen LogP contribution in [0.25, 0.3) is 22.4 Å². The second-order valence-electron chi connectivity index (χ2n) is 10.2. The molecule has 0 aliphatic rings. The molecule has 1 heterocycles. The Balaban J connectivity index is 1.49. The van der Waals surface area contributed by atoms with Crippen LogP contribution in [-0.2, 0) is 13.0 Å². The van der Waals surface area contributed by atoms with Crippen LogP contribution in [0.4, 0.5) is 0 Å². The van der Waals surface area contributed by atoms with Crippen molar-refractivity contribution in [2.75, 3.05) is 26.2 Å². The van der Waals surface area contributed by atoms with Crippen molar-refractivity contribution in [1.82, 2.24) is 14.5 Å². The van der Waals surface area contributed by atoms with Gasteiger partial charge in [-0.2, -0.15) is 0 Å². The number of unbranched alkanes of at least 4 members (excludes halogenated alkanes) is 2. The highest BCUT2D eigenvalue weighted by molar-refractivity contribution is 5.82. The molecule has 0 atom stereocenters. The Morgan fingerprint density at radius 3 is 2.13 bits per heavy atom. The molecular weight excluding hydrogens is 482 g/mol. The first-order valence-corrected chi connectivity index (χ1v) is 14.9. The smallest absolute Gasteiger partial charge is 0.141 e. The number of aryl methyl sites for hydroxylation is 2. The topological polar surface area (TPSA) is 39.5 Å². The number of aromatic nitrogens is 2. The maximum atomic E-state index is 6.25.